The summed E-state index contributed by atoms with van der Waals surface area (Å²) in [6, 6.07) is 16.7. The van der Waals surface area contributed by atoms with Gasteiger partial charge in [-0.1, -0.05) is 60.1 Å². The first-order chi connectivity index (χ1) is 10.7. The summed E-state index contributed by atoms with van der Waals surface area (Å²) in [4.78, 5) is 22.9. The standard InChI is InChI=1S/C19H17ClO2/c20-18-10-4-9-17(14-18)19(22)11-5-8-16(12-13-21)15-6-2-1-3-7-15/h1-7,9-11,13-14,16H,8,12H2/b11-5+/t16-/m1/s1. The number of carbonyl (C=O) groups excluding carboxylic acids is 2. The Kier molecular flexibility index (Phi) is 6.11. The van der Waals surface area contributed by atoms with E-state index in [0.29, 0.717) is 23.4 Å². The number of hydrogen-bond donors (Lipinski definition) is 0. The Labute approximate surface area is 135 Å². The lowest BCUT2D eigenvalue weighted by Gasteiger charge is -2.11. The molecule has 0 saturated carbocycles. The molecule has 22 heavy (non-hydrogen) atoms. The average molecular weight is 313 g/mol. The van der Waals surface area contributed by atoms with Crippen LogP contribution in [-0.2, 0) is 4.79 Å². The molecule has 2 rings (SSSR count). The van der Waals surface area contributed by atoms with E-state index in [4.69, 9.17) is 11.6 Å². The minimum absolute atomic E-state index is 0.0829. The Morgan fingerprint density at radius 1 is 1.05 bits per heavy atom. The molecule has 3 heteroatoms. The number of allylic oxidation sites excluding steroid dienone is 2. The molecule has 2 aromatic rings. The summed E-state index contributed by atoms with van der Waals surface area (Å²) in [5, 5.41) is 0.544. The molecule has 0 unspecified atom stereocenters. The van der Waals surface area contributed by atoms with Crippen molar-refractivity contribution in [3.05, 3.63) is 82.9 Å². The van der Waals surface area contributed by atoms with E-state index in [0.717, 1.165) is 11.8 Å². The normalized spacial score (nSPS) is 12.2. The molecule has 0 spiro atoms. The zero-order valence-electron chi connectivity index (χ0n) is 12.1. The highest BCUT2D eigenvalue weighted by Gasteiger charge is 2.09. The zero-order valence-corrected chi connectivity index (χ0v) is 12.9. The molecule has 1 atom stereocenters. The molecule has 0 heterocycles. The van der Waals surface area contributed by atoms with Crippen LogP contribution in [0.4, 0.5) is 0 Å². The van der Waals surface area contributed by atoms with Gasteiger partial charge in [0, 0.05) is 17.0 Å². The fraction of sp³-hybridized carbons (Fsp3) is 0.158. The third kappa shape index (κ3) is 4.68. The van der Waals surface area contributed by atoms with E-state index in [1.54, 1.807) is 30.3 Å². The van der Waals surface area contributed by atoms with Gasteiger partial charge < -0.3 is 4.79 Å². The molecule has 0 aromatic heterocycles. The molecule has 0 saturated heterocycles. The van der Waals surface area contributed by atoms with Crippen molar-refractivity contribution < 1.29 is 9.59 Å². The van der Waals surface area contributed by atoms with Crippen LogP contribution in [0.3, 0.4) is 0 Å². The quantitative estimate of drug-likeness (QED) is 0.416. The van der Waals surface area contributed by atoms with E-state index in [1.807, 2.05) is 36.4 Å². The van der Waals surface area contributed by atoms with Gasteiger partial charge in [0.1, 0.15) is 6.29 Å². The van der Waals surface area contributed by atoms with Crippen LogP contribution < -0.4 is 0 Å². The molecule has 0 aliphatic heterocycles. The molecule has 2 nitrogen and oxygen atoms in total. The molecule has 0 aliphatic rings. The summed E-state index contributed by atoms with van der Waals surface area (Å²) in [6.07, 6.45) is 5.38. The van der Waals surface area contributed by atoms with Crippen molar-refractivity contribution in [2.75, 3.05) is 0 Å². The average Bonchev–Trinajstić information content (AvgIpc) is 2.55. The Balaban J connectivity index is 2.03. The highest BCUT2D eigenvalue weighted by Crippen LogP contribution is 2.23. The van der Waals surface area contributed by atoms with E-state index in [-0.39, 0.29) is 11.7 Å². The largest absolute Gasteiger partial charge is 0.303 e. The van der Waals surface area contributed by atoms with E-state index in [1.165, 1.54) is 0 Å². The van der Waals surface area contributed by atoms with Gasteiger partial charge >= 0.3 is 0 Å². The Bertz CT molecular complexity index is 662. The second kappa shape index (κ2) is 8.30. The molecule has 0 amide bonds. The van der Waals surface area contributed by atoms with Crippen LogP contribution in [0.5, 0.6) is 0 Å². The lowest BCUT2D eigenvalue weighted by molar-refractivity contribution is -0.108. The summed E-state index contributed by atoms with van der Waals surface area (Å²) in [5.74, 6) is 0.0162. The van der Waals surface area contributed by atoms with Crippen LogP contribution in [0.2, 0.25) is 5.02 Å². The van der Waals surface area contributed by atoms with E-state index in [9.17, 15) is 9.59 Å². The number of carbonyl (C=O) groups is 2. The highest BCUT2D eigenvalue weighted by molar-refractivity contribution is 6.31. The summed E-state index contributed by atoms with van der Waals surface area (Å²) >= 11 is 5.88. The molecule has 112 valence electrons. The number of rotatable bonds is 7. The van der Waals surface area contributed by atoms with Crippen LogP contribution in [-0.4, -0.2) is 12.1 Å². The molecule has 0 bridgehead atoms. The maximum absolute atomic E-state index is 12.1. The van der Waals surface area contributed by atoms with E-state index >= 15 is 0 Å². The number of ketones is 1. The lowest BCUT2D eigenvalue weighted by Crippen LogP contribution is -1.99. The van der Waals surface area contributed by atoms with Crippen molar-refractivity contribution in [2.45, 2.75) is 18.8 Å². The van der Waals surface area contributed by atoms with Crippen LogP contribution >= 0.6 is 11.6 Å². The monoisotopic (exact) mass is 312 g/mol. The van der Waals surface area contributed by atoms with Crippen LogP contribution in [0.1, 0.15) is 34.7 Å². The number of halogens is 1. The second-order valence-electron chi connectivity index (χ2n) is 5.02. The molecule has 0 aliphatic carbocycles. The first-order valence-electron chi connectivity index (χ1n) is 7.15. The van der Waals surface area contributed by atoms with E-state index < -0.39 is 0 Å². The fourth-order valence-corrected chi connectivity index (χ4v) is 2.48. The first kappa shape index (κ1) is 16.2. The number of benzene rings is 2. The van der Waals surface area contributed by atoms with Gasteiger partial charge in [0.05, 0.1) is 0 Å². The van der Waals surface area contributed by atoms with Gasteiger partial charge in [-0.3, -0.25) is 4.79 Å². The summed E-state index contributed by atoms with van der Waals surface area (Å²) in [7, 11) is 0. The molecule has 2 aromatic carbocycles. The molecular weight excluding hydrogens is 296 g/mol. The van der Waals surface area contributed by atoms with Crippen LogP contribution in [0.15, 0.2) is 66.7 Å². The second-order valence-corrected chi connectivity index (χ2v) is 5.46. The number of hydrogen-bond acceptors (Lipinski definition) is 2. The predicted octanol–water partition coefficient (Wildman–Crippen LogP) is 4.84. The summed E-state index contributed by atoms with van der Waals surface area (Å²) in [5.41, 5.74) is 1.67. The molecule has 0 fully saturated rings. The van der Waals surface area contributed by atoms with Crippen molar-refractivity contribution in [1.82, 2.24) is 0 Å². The van der Waals surface area contributed by atoms with E-state index in [2.05, 4.69) is 0 Å². The van der Waals surface area contributed by atoms with Gasteiger partial charge in [0.25, 0.3) is 0 Å². The number of aldehydes is 1. The maximum atomic E-state index is 12.1. The minimum Gasteiger partial charge on any atom is -0.303 e. The zero-order chi connectivity index (χ0) is 15.8. The smallest absolute Gasteiger partial charge is 0.185 e. The first-order valence-corrected chi connectivity index (χ1v) is 7.53. The topological polar surface area (TPSA) is 34.1 Å². The third-order valence-corrected chi connectivity index (χ3v) is 3.69. The molecule has 0 radical (unpaired) electrons. The lowest BCUT2D eigenvalue weighted by atomic mass is 9.93. The Hall–Kier alpha value is -2.19. The molecular formula is C19H17ClO2. The van der Waals surface area contributed by atoms with Gasteiger partial charge in [-0.25, -0.2) is 0 Å². The molecule has 0 N–H and O–H groups in total. The summed E-state index contributed by atoms with van der Waals surface area (Å²) in [6.45, 7) is 0. The fourth-order valence-electron chi connectivity index (χ4n) is 2.29. The minimum atomic E-state index is -0.0829. The van der Waals surface area contributed by atoms with Gasteiger partial charge in [-0.05, 0) is 36.1 Å². The Morgan fingerprint density at radius 3 is 2.50 bits per heavy atom. The Morgan fingerprint density at radius 2 is 1.82 bits per heavy atom. The van der Waals surface area contributed by atoms with Gasteiger partial charge in [0.15, 0.2) is 5.78 Å². The van der Waals surface area contributed by atoms with Gasteiger partial charge in [0.2, 0.25) is 0 Å². The van der Waals surface area contributed by atoms with Crippen molar-refractivity contribution >= 4 is 23.7 Å². The van der Waals surface area contributed by atoms with Gasteiger partial charge in [-0.15, -0.1) is 0 Å². The highest BCUT2D eigenvalue weighted by atomic mass is 35.5. The van der Waals surface area contributed by atoms with Gasteiger partial charge in [-0.2, -0.15) is 0 Å². The van der Waals surface area contributed by atoms with Crippen molar-refractivity contribution in [1.29, 1.82) is 0 Å². The van der Waals surface area contributed by atoms with Crippen LogP contribution in [0.25, 0.3) is 0 Å². The van der Waals surface area contributed by atoms with Crippen molar-refractivity contribution in [2.24, 2.45) is 0 Å². The van der Waals surface area contributed by atoms with Crippen molar-refractivity contribution in [3.8, 4) is 0 Å². The maximum Gasteiger partial charge on any atom is 0.185 e. The van der Waals surface area contributed by atoms with Crippen molar-refractivity contribution in [3.63, 3.8) is 0 Å². The predicted molar refractivity (Wildman–Crippen MR) is 89.4 cm³/mol. The van der Waals surface area contributed by atoms with Crippen LogP contribution in [0, 0.1) is 0 Å². The summed E-state index contributed by atoms with van der Waals surface area (Å²) < 4.78 is 0. The SMILES string of the molecule is O=CC[C@@H](C/C=C/C(=O)c1cccc(Cl)c1)c1ccccc1. The third-order valence-electron chi connectivity index (χ3n) is 3.45.